The monoisotopic (exact) mass is 347 g/mol. The van der Waals surface area contributed by atoms with E-state index >= 15 is 0 Å². The van der Waals surface area contributed by atoms with Gasteiger partial charge in [-0.05, 0) is 65.5 Å². The van der Waals surface area contributed by atoms with Crippen LogP contribution in [0, 0.1) is 19.8 Å². The number of oxazole rings is 1. The van der Waals surface area contributed by atoms with Crippen molar-refractivity contribution in [3.63, 3.8) is 0 Å². The number of hydrogen-bond acceptors (Lipinski definition) is 4. The van der Waals surface area contributed by atoms with E-state index in [2.05, 4.69) is 27.0 Å². The van der Waals surface area contributed by atoms with Crippen LogP contribution in [0.2, 0.25) is 0 Å². The predicted octanol–water partition coefficient (Wildman–Crippen LogP) is 2.56. The van der Waals surface area contributed by atoms with Crippen molar-refractivity contribution in [2.75, 3.05) is 39.3 Å². The zero-order chi connectivity index (χ0) is 17.6. The lowest BCUT2D eigenvalue weighted by Crippen LogP contribution is -2.40. The molecule has 2 aliphatic heterocycles. The lowest BCUT2D eigenvalue weighted by atomic mass is 9.97. The Labute approximate surface area is 151 Å². The quantitative estimate of drug-likeness (QED) is 0.655. The Kier molecular flexibility index (Phi) is 6.34. The zero-order valence-corrected chi connectivity index (χ0v) is 16.1. The van der Waals surface area contributed by atoms with Gasteiger partial charge in [-0.2, -0.15) is 0 Å². The molecule has 1 aromatic rings. The molecule has 0 unspecified atom stereocenters. The van der Waals surface area contributed by atoms with Gasteiger partial charge < -0.3 is 14.6 Å². The first kappa shape index (κ1) is 18.2. The maximum absolute atomic E-state index is 5.72. The number of nitrogens with zero attached hydrogens (tertiary/aromatic N) is 4. The van der Waals surface area contributed by atoms with Crippen LogP contribution in [0.25, 0.3) is 0 Å². The fourth-order valence-corrected chi connectivity index (χ4v) is 3.70. The Balaban J connectivity index is 1.45. The summed E-state index contributed by atoms with van der Waals surface area (Å²) in [6.07, 6.45) is 5.01. The van der Waals surface area contributed by atoms with Crippen molar-refractivity contribution >= 4 is 5.96 Å². The molecule has 0 bridgehead atoms. The molecule has 0 spiro atoms. The minimum Gasteiger partial charge on any atom is -0.444 e. The number of aryl methyl sites for hydroxylation is 2. The predicted molar refractivity (Wildman–Crippen MR) is 101 cm³/mol. The Hall–Kier alpha value is -1.56. The molecule has 25 heavy (non-hydrogen) atoms. The van der Waals surface area contributed by atoms with E-state index < -0.39 is 0 Å². The van der Waals surface area contributed by atoms with Crippen LogP contribution >= 0.6 is 0 Å². The third-order valence-corrected chi connectivity index (χ3v) is 5.38. The molecule has 6 nitrogen and oxygen atoms in total. The van der Waals surface area contributed by atoms with E-state index in [1.807, 2.05) is 13.8 Å². The highest BCUT2D eigenvalue weighted by Crippen LogP contribution is 2.20. The topological polar surface area (TPSA) is 56.9 Å². The number of hydrogen-bond donors (Lipinski definition) is 1. The normalized spacial score (nSPS) is 20.4. The molecule has 3 rings (SSSR count). The Morgan fingerprint density at radius 1 is 1.20 bits per heavy atom. The summed E-state index contributed by atoms with van der Waals surface area (Å²) in [5.74, 6) is 3.61. The molecule has 1 aromatic heterocycles. The minimum absolute atomic E-state index is 0.695. The summed E-state index contributed by atoms with van der Waals surface area (Å²) in [6, 6.07) is 0. The van der Waals surface area contributed by atoms with Crippen molar-refractivity contribution in [2.24, 2.45) is 10.9 Å². The van der Waals surface area contributed by atoms with Crippen LogP contribution in [-0.4, -0.2) is 60.0 Å². The maximum atomic E-state index is 5.72. The number of nitrogens with one attached hydrogen (secondary N) is 1. The third kappa shape index (κ3) is 4.97. The van der Waals surface area contributed by atoms with Crippen LogP contribution in [-0.2, 0) is 6.54 Å². The number of guanidine groups is 1. The molecule has 1 N–H and O–H groups in total. The standard InChI is InChI=1S/C19H33N5O/c1-4-20-19(24-9-5-6-10-24)21-13-17-7-11-23(12-8-17)14-18-22-15(2)16(3)25-18/h17H,4-14H2,1-3H3,(H,20,21). The van der Waals surface area contributed by atoms with E-state index in [0.29, 0.717) is 5.92 Å². The van der Waals surface area contributed by atoms with Crippen LogP contribution in [0.5, 0.6) is 0 Å². The van der Waals surface area contributed by atoms with Gasteiger partial charge in [0, 0.05) is 26.2 Å². The lowest BCUT2D eigenvalue weighted by molar-refractivity contribution is 0.166. The molecule has 140 valence electrons. The van der Waals surface area contributed by atoms with Crippen LogP contribution in [0.15, 0.2) is 9.41 Å². The van der Waals surface area contributed by atoms with Crippen molar-refractivity contribution in [1.82, 2.24) is 20.1 Å². The molecule has 0 saturated carbocycles. The van der Waals surface area contributed by atoms with E-state index in [9.17, 15) is 0 Å². The molecular formula is C19H33N5O. The molecule has 0 atom stereocenters. The van der Waals surface area contributed by atoms with Gasteiger partial charge in [0.05, 0.1) is 12.2 Å². The highest BCUT2D eigenvalue weighted by molar-refractivity contribution is 5.80. The van der Waals surface area contributed by atoms with E-state index in [1.54, 1.807) is 0 Å². The van der Waals surface area contributed by atoms with Crippen LogP contribution < -0.4 is 5.32 Å². The summed E-state index contributed by atoms with van der Waals surface area (Å²) in [4.78, 5) is 14.3. The molecule has 2 aliphatic rings. The number of piperidine rings is 1. The van der Waals surface area contributed by atoms with E-state index in [-0.39, 0.29) is 0 Å². The number of aromatic nitrogens is 1. The van der Waals surface area contributed by atoms with Gasteiger partial charge >= 0.3 is 0 Å². The summed E-state index contributed by atoms with van der Waals surface area (Å²) < 4.78 is 5.72. The van der Waals surface area contributed by atoms with Gasteiger partial charge in [0.15, 0.2) is 5.96 Å². The molecule has 0 amide bonds. The van der Waals surface area contributed by atoms with Crippen LogP contribution in [0.4, 0.5) is 0 Å². The number of rotatable bonds is 5. The van der Waals surface area contributed by atoms with Gasteiger partial charge in [-0.3, -0.25) is 9.89 Å². The summed E-state index contributed by atoms with van der Waals surface area (Å²) in [7, 11) is 0. The maximum Gasteiger partial charge on any atom is 0.208 e. The first-order valence-electron chi connectivity index (χ1n) is 9.84. The van der Waals surface area contributed by atoms with Crippen molar-refractivity contribution in [1.29, 1.82) is 0 Å². The molecule has 3 heterocycles. The van der Waals surface area contributed by atoms with Gasteiger partial charge in [0.2, 0.25) is 5.89 Å². The van der Waals surface area contributed by atoms with Gasteiger partial charge in [0.25, 0.3) is 0 Å². The highest BCUT2D eigenvalue weighted by atomic mass is 16.4. The summed E-state index contributed by atoms with van der Waals surface area (Å²) in [5.41, 5.74) is 1.01. The summed E-state index contributed by atoms with van der Waals surface area (Å²) >= 11 is 0. The summed E-state index contributed by atoms with van der Waals surface area (Å²) in [5, 5.41) is 3.46. The molecule has 0 radical (unpaired) electrons. The van der Waals surface area contributed by atoms with E-state index in [0.717, 1.165) is 69.1 Å². The average molecular weight is 348 g/mol. The highest BCUT2D eigenvalue weighted by Gasteiger charge is 2.22. The molecule has 2 saturated heterocycles. The van der Waals surface area contributed by atoms with Crippen molar-refractivity contribution in [3.05, 3.63) is 17.3 Å². The second-order valence-electron chi connectivity index (χ2n) is 7.36. The van der Waals surface area contributed by atoms with Gasteiger partial charge in [-0.1, -0.05) is 0 Å². The Morgan fingerprint density at radius 2 is 1.92 bits per heavy atom. The first-order valence-corrected chi connectivity index (χ1v) is 9.84. The first-order chi connectivity index (χ1) is 12.2. The third-order valence-electron chi connectivity index (χ3n) is 5.38. The Morgan fingerprint density at radius 3 is 2.52 bits per heavy atom. The van der Waals surface area contributed by atoms with Crippen molar-refractivity contribution in [2.45, 2.75) is 53.0 Å². The molecular weight excluding hydrogens is 314 g/mol. The van der Waals surface area contributed by atoms with E-state index in [1.165, 1.54) is 25.7 Å². The summed E-state index contributed by atoms with van der Waals surface area (Å²) in [6.45, 7) is 13.4. The Bertz CT molecular complexity index is 549. The zero-order valence-electron chi connectivity index (χ0n) is 16.1. The molecule has 0 aromatic carbocycles. The van der Waals surface area contributed by atoms with Crippen molar-refractivity contribution < 1.29 is 4.42 Å². The van der Waals surface area contributed by atoms with E-state index in [4.69, 9.17) is 9.41 Å². The molecule has 6 heteroatoms. The largest absolute Gasteiger partial charge is 0.444 e. The van der Waals surface area contributed by atoms with Crippen LogP contribution in [0.1, 0.15) is 50.0 Å². The number of likely N-dealkylation sites (tertiary alicyclic amines) is 2. The smallest absolute Gasteiger partial charge is 0.208 e. The second kappa shape index (κ2) is 8.70. The second-order valence-corrected chi connectivity index (χ2v) is 7.36. The van der Waals surface area contributed by atoms with Crippen molar-refractivity contribution in [3.8, 4) is 0 Å². The van der Waals surface area contributed by atoms with Gasteiger partial charge in [-0.15, -0.1) is 0 Å². The SMILES string of the molecule is CCNC(=NCC1CCN(Cc2nc(C)c(C)o2)CC1)N1CCCC1. The van der Waals surface area contributed by atoms with Crippen LogP contribution in [0.3, 0.4) is 0 Å². The lowest BCUT2D eigenvalue weighted by Gasteiger charge is -2.30. The molecule has 0 aliphatic carbocycles. The number of aliphatic imine (C=N–C) groups is 1. The average Bonchev–Trinajstić information content (AvgIpc) is 3.23. The van der Waals surface area contributed by atoms with Gasteiger partial charge in [-0.25, -0.2) is 4.98 Å². The minimum atomic E-state index is 0.695. The van der Waals surface area contributed by atoms with Gasteiger partial charge in [0.1, 0.15) is 5.76 Å². The fraction of sp³-hybridized carbons (Fsp3) is 0.789. The molecule has 2 fully saturated rings. The fourth-order valence-electron chi connectivity index (χ4n) is 3.70.